The molecule has 0 saturated heterocycles. The average molecular weight is 370 g/mol. The Hall–Kier alpha value is -3.09. The van der Waals surface area contributed by atoms with Crippen LogP contribution >= 0.6 is 0 Å². The summed E-state index contributed by atoms with van der Waals surface area (Å²) >= 11 is 0. The first-order valence-electron chi connectivity index (χ1n) is 9.69. The molecule has 0 unspecified atom stereocenters. The van der Waals surface area contributed by atoms with E-state index in [0.29, 0.717) is 6.42 Å². The summed E-state index contributed by atoms with van der Waals surface area (Å²) in [5.41, 5.74) is 6.18. The number of hydrogen-bond donors (Lipinski definition) is 1. The molecule has 0 aliphatic heterocycles. The summed E-state index contributed by atoms with van der Waals surface area (Å²) in [6.07, 6.45) is 0.537. The standard InChI is InChI=1S/C25H27N3/c1-20-9-13-23(14-10-20)25(22-7-4-3-5-8-22)27-19-21-11-15-24(16-12-21)28(2)18-6-17-26/h3-5,7-16,25,27H,6,18-19H2,1-2H3/t25-/m0/s1. The van der Waals surface area contributed by atoms with Gasteiger partial charge >= 0.3 is 0 Å². The predicted molar refractivity (Wildman–Crippen MR) is 116 cm³/mol. The van der Waals surface area contributed by atoms with Gasteiger partial charge in [0.1, 0.15) is 0 Å². The highest BCUT2D eigenvalue weighted by molar-refractivity contribution is 5.47. The maximum absolute atomic E-state index is 8.75. The maximum Gasteiger partial charge on any atom is 0.0640 e. The molecular weight excluding hydrogens is 342 g/mol. The molecule has 3 nitrogen and oxygen atoms in total. The van der Waals surface area contributed by atoms with Crippen LogP contribution in [0.3, 0.4) is 0 Å². The van der Waals surface area contributed by atoms with Crippen molar-refractivity contribution in [1.29, 1.82) is 5.26 Å². The molecule has 1 atom stereocenters. The second-order valence-corrected chi connectivity index (χ2v) is 7.13. The lowest BCUT2D eigenvalue weighted by atomic mass is 9.97. The van der Waals surface area contributed by atoms with Crippen molar-refractivity contribution < 1.29 is 0 Å². The molecule has 0 aliphatic rings. The second kappa shape index (κ2) is 9.73. The van der Waals surface area contributed by atoms with Gasteiger partial charge < -0.3 is 10.2 Å². The highest BCUT2D eigenvalue weighted by Gasteiger charge is 2.13. The van der Waals surface area contributed by atoms with Crippen molar-refractivity contribution >= 4 is 5.69 Å². The van der Waals surface area contributed by atoms with Crippen molar-refractivity contribution in [1.82, 2.24) is 5.32 Å². The van der Waals surface area contributed by atoms with Gasteiger partial charge in [0.05, 0.1) is 18.5 Å². The number of aryl methyl sites for hydroxylation is 1. The summed E-state index contributed by atoms with van der Waals surface area (Å²) in [6.45, 7) is 3.65. The van der Waals surface area contributed by atoms with Crippen molar-refractivity contribution in [2.45, 2.75) is 25.9 Å². The smallest absolute Gasteiger partial charge is 0.0640 e. The maximum atomic E-state index is 8.75. The predicted octanol–water partition coefficient (Wildman–Crippen LogP) is 5.22. The third kappa shape index (κ3) is 5.22. The largest absolute Gasteiger partial charge is 0.374 e. The van der Waals surface area contributed by atoms with Crippen molar-refractivity contribution in [3.63, 3.8) is 0 Å². The number of nitriles is 1. The first-order valence-corrected chi connectivity index (χ1v) is 9.69. The molecule has 1 N–H and O–H groups in total. The minimum atomic E-state index is 0.153. The van der Waals surface area contributed by atoms with Crippen LogP contribution in [-0.2, 0) is 6.54 Å². The number of hydrogen-bond acceptors (Lipinski definition) is 3. The fourth-order valence-electron chi connectivity index (χ4n) is 3.27. The van der Waals surface area contributed by atoms with Crippen LogP contribution in [0, 0.1) is 18.3 Å². The van der Waals surface area contributed by atoms with Crippen molar-refractivity contribution in [3.05, 3.63) is 101 Å². The van der Waals surface area contributed by atoms with E-state index >= 15 is 0 Å². The van der Waals surface area contributed by atoms with Crippen LogP contribution in [0.5, 0.6) is 0 Å². The van der Waals surface area contributed by atoms with Gasteiger partial charge in [-0.25, -0.2) is 0 Å². The number of nitrogens with one attached hydrogen (secondary N) is 1. The van der Waals surface area contributed by atoms with Crippen LogP contribution in [0.4, 0.5) is 5.69 Å². The van der Waals surface area contributed by atoms with Crippen molar-refractivity contribution in [3.8, 4) is 6.07 Å². The van der Waals surface area contributed by atoms with Gasteiger partial charge in [0, 0.05) is 25.8 Å². The van der Waals surface area contributed by atoms with E-state index in [1.54, 1.807) is 0 Å². The fourth-order valence-corrected chi connectivity index (χ4v) is 3.27. The lowest BCUT2D eigenvalue weighted by Crippen LogP contribution is -2.22. The highest BCUT2D eigenvalue weighted by Crippen LogP contribution is 2.23. The van der Waals surface area contributed by atoms with Crippen molar-refractivity contribution in [2.24, 2.45) is 0 Å². The Morgan fingerprint density at radius 1 is 0.893 bits per heavy atom. The normalized spacial score (nSPS) is 11.6. The molecule has 0 amide bonds. The Morgan fingerprint density at radius 2 is 1.54 bits per heavy atom. The third-order valence-electron chi connectivity index (χ3n) is 4.99. The Bertz CT molecular complexity index is 893. The molecule has 0 bridgehead atoms. The summed E-state index contributed by atoms with van der Waals surface area (Å²) in [4.78, 5) is 2.11. The molecular formula is C25H27N3. The Kier molecular flexibility index (Phi) is 6.84. The zero-order chi connectivity index (χ0) is 19.8. The summed E-state index contributed by atoms with van der Waals surface area (Å²) in [5.74, 6) is 0. The summed E-state index contributed by atoms with van der Waals surface area (Å²) in [5, 5.41) is 12.5. The molecule has 142 valence electrons. The van der Waals surface area contributed by atoms with E-state index in [0.717, 1.165) is 18.8 Å². The van der Waals surface area contributed by atoms with Gasteiger partial charge in [0.25, 0.3) is 0 Å². The molecule has 3 aromatic carbocycles. The quantitative estimate of drug-likeness (QED) is 0.591. The third-order valence-corrected chi connectivity index (χ3v) is 4.99. The number of anilines is 1. The molecule has 0 aliphatic carbocycles. The van der Waals surface area contributed by atoms with E-state index < -0.39 is 0 Å². The Morgan fingerprint density at radius 3 is 2.18 bits per heavy atom. The zero-order valence-electron chi connectivity index (χ0n) is 16.6. The number of rotatable bonds is 8. The van der Waals surface area contributed by atoms with Crippen molar-refractivity contribution in [2.75, 3.05) is 18.5 Å². The molecule has 0 fully saturated rings. The van der Waals surface area contributed by atoms with Gasteiger partial charge in [0.15, 0.2) is 0 Å². The van der Waals surface area contributed by atoms with Crippen LogP contribution in [0.15, 0.2) is 78.9 Å². The van der Waals surface area contributed by atoms with E-state index in [1.807, 2.05) is 7.05 Å². The van der Waals surface area contributed by atoms with E-state index in [9.17, 15) is 0 Å². The van der Waals surface area contributed by atoms with Gasteiger partial charge in [-0.05, 0) is 35.7 Å². The van der Waals surface area contributed by atoms with Crippen LogP contribution < -0.4 is 10.2 Å². The topological polar surface area (TPSA) is 39.1 Å². The van der Waals surface area contributed by atoms with Crippen LogP contribution in [0.1, 0.15) is 34.7 Å². The SMILES string of the molecule is Cc1ccc([C@@H](NCc2ccc(N(C)CCC#N)cc2)c2ccccc2)cc1. The van der Waals surface area contributed by atoms with E-state index in [4.69, 9.17) is 5.26 Å². The van der Waals surface area contributed by atoms with E-state index in [2.05, 4.69) is 102 Å². The van der Waals surface area contributed by atoms with Gasteiger partial charge in [-0.1, -0.05) is 72.3 Å². The summed E-state index contributed by atoms with van der Waals surface area (Å²) < 4.78 is 0. The minimum Gasteiger partial charge on any atom is -0.374 e. The monoisotopic (exact) mass is 369 g/mol. The molecule has 3 heteroatoms. The Labute approximate surface area is 168 Å². The van der Waals surface area contributed by atoms with Gasteiger partial charge in [0.2, 0.25) is 0 Å². The van der Waals surface area contributed by atoms with E-state index in [-0.39, 0.29) is 6.04 Å². The minimum absolute atomic E-state index is 0.153. The molecule has 0 aromatic heterocycles. The fraction of sp³-hybridized carbons (Fsp3) is 0.240. The number of nitrogens with zero attached hydrogens (tertiary/aromatic N) is 2. The summed E-state index contributed by atoms with van der Waals surface area (Å²) in [6, 6.07) is 30.2. The molecule has 28 heavy (non-hydrogen) atoms. The first-order chi connectivity index (χ1) is 13.7. The Balaban J connectivity index is 1.72. The number of benzene rings is 3. The molecule has 0 radical (unpaired) electrons. The van der Waals surface area contributed by atoms with E-state index in [1.165, 1.54) is 22.3 Å². The van der Waals surface area contributed by atoms with Crippen LogP contribution in [0.2, 0.25) is 0 Å². The second-order valence-electron chi connectivity index (χ2n) is 7.13. The zero-order valence-corrected chi connectivity index (χ0v) is 16.6. The van der Waals surface area contributed by atoms with Crippen LogP contribution in [-0.4, -0.2) is 13.6 Å². The first kappa shape index (κ1) is 19.7. The van der Waals surface area contributed by atoms with Gasteiger partial charge in [-0.2, -0.15) is 5.26 Å². The highest BCUT2D eigenvalue weighted by atomic mass is 15.1. The lowest BCUT2D eigenvalue weighted by molar-refractivity contribution is 0.605. The molecule has 0 heterocycles. The average Bonchev–Trinajstić information content (AvgIpc) is 2.74. The van der Waals surface area contributed by atoms with Crippen LogP contribution in [0.25, 0.3) is 0 Å². The van der Waals surface area contributed by atoms with Gasteiger partial charge in [-0.15, -0.1) is 0 Å². The molecule has 3 aromatic rings. The molecule has 0 saturated carbocycles. The molecule has 0 spiro atoms. The summed E-state index contributed by atoms with van der Waals surface area (Å²) in [7, 11) is 2.02. The van der Waals surface area contributed by atoms with Gasteiger partial charge in [-0.3, -0.25) is 0 Å². The lowest BCUT2D eigenvalue weighted by Gasteiger charge is -2.21. The molecule has 3 rings (SSSR count).